The topological polar surface area (TPSA) is 36.4 Å². The molecule has 1 aromatic heterocycles. The van der Waals surface area contributed by atoms with Gasteiger partial charge in [-0.05, 0) is 31.0 Å². The molecule has 1 unspecified atom stereocenters. The van der Waals surface area contributed by atoms with E-state index < -0.39 is 0 Å². The Morgan fingerprint density at radius 2 is 1.72 bits per heavy atom. The molecule has 0 aliphatic carbocycles. The van der Waals surface area contributed by atoms with Gasteiger partial charge in [0.25, 0.3) is 0 Å². The molecule has 3 aromatic rings. The largest absolute Gasteiger partial charge is 0.346 e. The van der Waals surface area contributed by atoms with E-state index in [9.17, 15) is 4.79 Å². The van der Waals surface area contributed by atoms with E-state index in [-0.39, 0.29) is 11.2 Å². The van der Waals surface area contributed by atoms with Crippen LogP contribution in [0.25, 0.3) is 0 Å². The Morgan fingerprint density at radius 1 is 1.00 bits per heavy atom. The number of thioether (sulfide) groups is 1. The molecule has 0 bridgehead atoms. The SMILES string of the molecule is Cc1csc(N2CCCN(C(=O)C(Sc3ccccc3)c3ccccc3)CC2)n1. The van der Waals surface area contributed by atoms with Crippen molar-refractivity contribution < 1.29 is 4.79 Å². The maximum atomic E-state index is 13.6. The molecule has 0 spiro atoms. The minimum atomic E-state index is -0.229. The molecule has 1 aliphatic rings. The number of rotatable bonds is 5. The second-order valence-corrected chi connectivity index (χ2v) is 9.17. The lowest BCUT2D eigenvalue weighted by molar-refractivity contribution is -0.130. The van der Waals surface area contributed by atoms with E-state index in [1.165, 1.54) is 0 Å². The van der Waals surface area contributed by atoms with Crippen molar-refractivity contribution in [2.45, 2.75) is 23.5 Å². The number of carbonyl (C=O) groups is 1. The lowest BCUT2D eigenvalue weighted by Crippen LogP contribution is -2.37. The molecular weight excluding hydrogens is 398 g/mol. The molecule has 1 amide bonds. The van der Waals surface area contributed by atoms with Crippen molar-refractivity contribution in [2.75, 3.05) is 31.1 Å². The first-order chi connectivity index (χ1) is 14.2. The summed E-state index contributed by atoms with van der Waals surface area (Å²) in [5.74, 6) is 0.197. The molecule has 4 nitrogen and oxygen atoms in total. The highest BCUT2D eigenvalue weighted by Crippen LogP contribution is 2.37. The Labute approximate surface area is 180 Å². The van der Waals surface area contributed by atoms with Crippen LogP contribution >= 0.6 is 23.1 Å². The molecule has 1 fully saturated rings. The van der Waals surface area contributed by atoms with Gasteiger partial charge in [-0.1, -0.05) is 48.5 Å². The molecule has 2 aromatic carbocycles. The van der Waals surface area contributed by atoms with Crippen molar-refractivity contribution in [3.63, 3.8) is 0 Å². The first kappa shape index (κ1) is 20.0. The Bertz CT molecular complexity index is 930. The maximum absolute atomic E-state index is 13.6. The zero-order chi connectivity index (χ0) is 20.1. The minimum absolute atomic E-state index is 0.197. The third-order valence-electron chi connectivity index (χ3n) is 5.01. The highest BCUT2D eigenvalue weighted by molar-refractivity contribution is 8.00. The molecule has 1 aliphatic heterocycles. The average molecular weight is 424 g/mol. The van der Waals surface area contributed by atoms with Crippen LogP contribution < -0.4 is 4.90 Å². The molecule has 6 heteroatoms. The number of hydrogen-bond donors (Lipinski definition) is 0. The standard InChI is InChI=1S/C23H25N3OS2/c1-18-17-28-23(24-18)26-14-8-13-25(15-16-26)22(27)21(19-9-4-2-5-10-19)29-20-11-6-3-7-12-20/h2-7,9-12,17,21H,8,13-16H2,1H3. The van der Waals surface area contributed by atoms with Gasteiger partial charge in [-0.3, -0.25) is 4.79 Å². The summed E-state index contributed by atoms with van der Waals surface area (Å²) in [6.45, 7) is 5.32. The smallest absolute Gasteiger partial charge is 0.240 e. The Morgan fingerprint density at radius 3 is 2.41 bits per heavy atom. The van der Waals surface area contributed by atoms with Crippen LogP contribution in [-0.4, -0.2) is 42.0 Å². The second-order valence-electron chi connectivity index (χ2n) is 7.16. The van der Waals surface area contributed by atoms with Gasteiger partial charge >= 0.3 is 0 Å². The van der Waals surface area contributed by atoms with Crippen molar-refractivity contribution in [2.24, 2.45) is 0 Å². The molecule has 0 saturated carbocycles. The summed E-state index contributed by atoms with van der Waals surface area (Å²) in [7, 11) is 0. The fourth-order valence-corrected chi connectivity index (χ4v) is 5.49. The van der Waals surface area contributed by atoms with E-state index in [2.05, 4.69) is 39.5 Å². The Balaban J connectivity index is 1.51. The van der Waals surface area contributed by atoms with E-state index >= 15 is 0 Å². The first-order valence-corrected chi connectivity index (χ1v) is 11.7. The number of anilines is 1. The predicted molar refractivity (Wildman–Crippen MR) is 122 cm³/mol. The van der Waals surface area contributed by atoms with Gasteiger partial charge in [-0.2, -0.15) is 0 Å². The summed E-state index contributed by atoms with van der Waals surface area (Å²) in [4.78, 5) is 23.7. The van der Waals surface area contributed by atoms with E-state index in [0.29, 0.717) is 0 Å². The third-order valence-corrected chi connectivity index (χ3v) is 7.28. The zero-order valence-corrected chi connectivity index (χ0v) is 18.2. The van der Waals surface area contributed by atoms with Crippen LogP contribution in [0.1, 0.15) is 22.9 Å². The monoisotopic (exact) mass is 423 g/mol. The second kappa shape index (κ2) is 9.46. The van der Waals surface area contributed by atoms with Gasteiger partial charge in [-0.25, -0.2) is 4.98 Å². The Kier molecular flexibility index (Phi) is 6.52. The summed E-state index contributed by atoms with van der Waals surface area (Å²) < 4.78 is 0. The van der Waals surface area contributed by atoms with E-state index in [1.807, 2.05) is 48.2 Å². The number of carbonyl (C=O) groups excluding carboxylic acids is 1. The average Bonchev–Trinajstić information content (AvgIpc) is 3.05. The van der Waals surface area contributed by atoms with E-state index in [1.54, 1.807) is 23.1 Å². The number of nitrogens with zero attached hydrogens (tertiary/aromatic N) is 3. The molecule has 150 valence electrons. The Hall–Kier alpha value is -2.31. The van der Waals surface area contributed by atoms with Gasteiger partial charge in [0.1, 0.15) is 5.25 Å². The first-order valence-electron chi connectivity index (χ1n) is 9.93. The van der Waals surface area contributed by atoms with Crippen LogP contribution in [0.4, 0.5) is 5.13 Å². The normalized spacial score (nSPS) is 15.8. The van der Waals surface area contributed by atoms with Gasteiger partial charge in [0, 0.05) is 36.5 Å². The number of benzene rings is 2. The number of thiazole rings is 1. The molecule has 4 rings (SSSR count). The van der Waals surface area contributed by atoms with Crippen LogP contribution in [0.5, 0.6) is 0 Å². The quantitative estimate of drug-likeness (QED) is 0.540. The summed E-state index contributed by atoms with van der Waals surface area (Å²) in [6.07, 6.45) is 0.960. The molecule has 0 N–H and O–H groups in total. The third kappa shape index (κ3) is 5.00. The summed E-state index contributed by atoms with van der Waals surface area (Å²) >= 11 is 3.32. The lowest BCUT2D eigenvalue weighted by Gasteiger charge is -2.26. The number of aromatic nitrogens is 1. The van der Waals surface area contributed by atoms with Crippen molar-refractivity contribution in [3.8, 4) is 0 Å². The minimum Gasteiger partial charge on any atom is -0.346 e. The van der Waals surface area contributed by atoms with Gasteiger partial charge in [-0.15, -0.1) is 23.1 Å². The number of hydrogen-bond acceptors (Lipinski definition) is 5. The lowest BCUT2D eigenvalue weighted by atomic mass is 10.1. The molecule has 29 heavy (non-hydrogen) atoms. The van der Waals surface area contributed by atoms with Crippen LogP contribution in [-0.2, 0) is 4.79 Å². The maximum Gasteiger partial charge on any atom is 0.240 e. The molecule has 0 radical (unpaired) electrons. The van der Waals surface area contributed by atoms with E-state index in [4.69, 9.17) is 0 Å². The van der Waals surface area contributed by atoms with Crippen molar-refractivity contribution in [1.82, 2.24) is 9.88 Å². The van der Waals surface area contributed by atoms with Crippen LogP contribution in [0.15, 0.2) is 70.9 Å². The van der Waals surface area contributed by atoms with Crippen molar-refractivity contribution in [1.29, 1.82) is 0 Å². The molecule has 1 atom stereocenters. The van der Waals surface area contributed by atoms with Gasteiger partial charge in [0.05, 0.1) is 5.69 Å². The highest BCUT2D eigenvalue weighted by atomic mass is 32.2. The molecule has 1 saturated heterocycles. The number of aryl methyl sites for hydroxylation is 1. The summed E-state index contributed by atoms with van der Waals surface area (Å²) in [5.41, 5.74) is 2.12. The van der Waals surface area contributed by atoms with Gasteiger partial charge in [0.2, 0.25) is 5.91 Å². The fraction of sp³-hybridized carbons (Fsp3) is 0.304. The zero-order valence-electron chi connectivity index (χ0n) is 16.5. The van der Waals surface area contributed by atoms with Crippen LogP contribution in [0.2, 0.25) is 0 Å². The van der Waals surface area contributed by atoms with Gasteiger partial charge < -0.3 is 9.80 Å². The van der Waals surface area contributed by atoms with Crippen molar-refractivity contribution >= 4 is 34.1 Å². The number of amides is 1. The molecule has 2 heterocycles. The van der Waals surface area contributed by atoms with Crippen molar-refractivity contribution in [3.05, 3.63) is 77.3 Å². The summed E-state index contributed by atoms with van der Waals surface area (Å²) in [6, 6.07) is 20.3. The fourth-order valence-electron chi connectivity index (χ4n) is 3.51. The summed E-state index contributed by atoms with van der Waals surface area (Å²) in [5, 5.41) is 2.92. The van der Waals surface area contributed by atoms with E-state index in [0.717, 1.165) is 53.9 Å². The van der Waals surface area contributed by atoms with Crippen LogP contribution in [0, 0.1) is 6.92 Å². The molecular formula is C23H25N3OS2. The predicted octanol–water partition coefficient (Wildman–Crippen LogP) is 5.02. The van der Waals surface area contributed by atoms with Crippen LogP contribution in [0.3, 0.4) is 0 Å². The van der Waals surface area contributed by atoms with Gasteiger partial charge in [0.15, 0.2) is 5.13 Å². The highest BCUT2D eigenvalue weighted by Gasteiger charge is 2.28.